The van der Waals surface area contributed by atoms with Gasteiger partial charge in [0, 0.05) is 5.56 Å². The summed E-state index contributed by atoms with van der Waals surface area (Å²) in [5.74, 6) is 1.24. The van der Waals surface area contributed by atoms with Crippen LogP contribution in [0.25, 0.3) is 11.1 Å². The van der Waals surface area contributed by atoms with Crippen molar-refractivity contribution in [3.8, 4) is 16.9 Å². The van der Waals surface area contributed by atoms with Crippen molar-refractivity contribution in [1.29, 1.82) is 0 Å². The smallest absolute Gasteiger partial charge is 0.127 e. The Hall–Kier alpha value is -0.890. The molecule has 2 aromatic rings. The van der Waals surface area contributed by atoms with Gasteiger partial charge in [-0.2, -0.15) is 0 Å². The summed E-state index contributed by atoms with van der Waals surface area (Å²) in [5.41, 5.74) is 1.94. The number of halogens is 3. The van der Waals surface area contributed by atoms with Crippen LogP contribution in [-0.4, -0.2) is 12.5 Å². The van der Waals surface area contributed by atoms with E-state index in [1.165, 1.54) is 0 Å². The summed E-state index contributed by atoms with van der Waals surface area (Å²) in [6.07, 6.45) is 0. The highest BCUT2D eigenvalue weighted by Crippen LogP contribution is 2.33. The Balaban J connectivity index is 2.39. The number of rotatable bonds is 4. The zero-order valence-electron chi connectivity index (χ0n) is 9.50. The monoisotopic (exact) mass is 300 g/mol. The van der Waals surface area contributed by atoms with Gasteiger partial charge in [-0.05, 0) is 23.8 Å². The summed E-state index contributed by atoms with van der Waals surface area (Å²) in [6.45, 7) is 0.472. The molecule has 0 unspecified atom stereocenters. The van der Waals surface area contributed by atoms with Crippen molar-refractivity contribution in [2.24, 2.45) is 0 Å². The van der Waals surface area contributed by atoms with Gasteiger partial charge in [-0.3, -0.25) is 0 Å². The van der Waals surface area contributed by atoms with E-state index in [9.17, 15) is 0 Å². The Morgan fingerprint density at radius 2 is 1.72 bits per heavy atom. The van der Waals surface area contributed by atoms with E-state index < -0.39 is 0 Å². The van der Waals surface area contributed by atoms with E-state index in [-0.39, 0.29) is 0 Å². The van der Waals surface area contributed by atoms with Gasteiger partial charge < -0.3 is 4.74 Å². The molecule has 4 heteroatoms. The Labute approximate surface area is 121 Å². The molecule has 94 valence electrons. The molecule has 1 nitrogen and oxygen atoms in total. The minimum absolute atomic E-state index is 0.454. The molecule has 0 N–H and O–H groups in total. The lowest BCUT2D eigenvalue weighted by Gasteiger charge is -2.11. The lowest BCUT2D eigenvalue weighted by molar-refractivity contribution is 0.344. The summed E-state index contributed by atoms with van der Waals surface area (Å²) in [6, 6.07) is 13.3. The third-order valence-corrected chi connectivity index (χ3v) is 3.35. The van der Waals surface area contributed by atoms with Crippen LogP contribution in [0.5, 0.6) is 5.75 Å². The second-order valence-electron chi connectivity index (χ2n) is 3.66. The van der Waals surface area contributed by atoms with Crippen molar-refractivity contribution >= 4 is 34.8 Å². The molecule has 0 aliphatic carbocycles. The Morgan fingerprint density at radius 3 is 2.44 bits per heavy atom. The fourth-order valence-electron chi connectivity index (χ4n) is 1.64. The molecule has 0 heterocycles. The van der Waals surface area contributed by atoms with Crippen molar-refractivity contribution in [2.45, 2.75) is 0 Å². The van der Waals surface area contributed by atoms with Crippen LogP contribution in [-0.2, 0) is 0 Å². The van der Waals surface area contributed by atoms with Crippen molar-refractivity contribution in [2.75, 3.05) is 12.5 Å². The van der Waals surface area contributed by atoms with Crippen LogP contribution >= 0.6 is 34.8 Å². The van der Waals surface area contributed by atoms with E-state index in [1.807, 2.05) is 36.4 Å². The Kier molecular flexibility index (Phi) is 4.76. The normalized spacial score (nSPS) is 10.4. The highest BCUT2D eigenvalue weighted by atomic mass is 35.5. The molecule has 0 radical (unpaired) electrons. The number of para-hydroxylation sites is 1. The molecular weight excluding hydrogens is 291 g/mol. The topological polar surface area (TPSA) is 9.23 Å². The van der Waals surface area contributed by atoms with Gasteiger partial charge in [-0.15, -0.1) is 11.6 Å². The average Bonchev–Trinajstić information content (AvgIpc) is 2.40. The molecule has 0 fully saturated rings. The van der Waals surface area contributed by atoms with Crippen molar-refractivity contribution < 1.29 is 4.74 Å². The highest BCUT2D eigenvalue weighted by Gasteiger charge is 2.07. The van der Waals surface area contributed by atoms with Crippen LogP contribution in [0.3, 0.4) is 0 Å². The van der Waals surface area contributed by atoms with Gasteiger partial charge in [0.2, 0.25) is 0 Å². The molecule has 2 rings (SSSR count). The number of hydrogen-bond donors (Lipinski definition) is 0. The van der Waals surface area contributed by atoms with Crippen LogP contribution in [0, 0.1) is 0 Å². The second-order valence-corrected chi connectivity index (χ2v) is 4.85. The van der Waals surface area contributed by atoms with Gasteiger partial charge in [0.15, 0.2) is 0 Å². The summed E-state index contributed by atoms with van der Waals surface area (Å²) in [5, 5.41) is 1.07. The molecule has 2 aromatic carbocycles. The first kappa shape index (κ1) is 13.5. The predicted octanol–water partition coefficient (Wildman–Crippen LogP) is 5.28. The lowest BCUT2D eigenvalue weighted by Crippen LogP contribution is -1.99. The van der Waals surface area contributed by atoms with Gasteiger partial charge in [0.25, 0.3) is 0 Å². The summed E-state index contributed by atoms with van der Waals surface area (Å²) in [7, 11) is 0. The van der Waals surface area contributed by atoms with Crippen LogP contribution in [0.4, 0.5) is 0 Å². The number of ether oxygens (including phenoxy) is 1. The third-order valence-electron chi connectivity index (χ3n) is 2.45. The fourth-order valence-corrected chi connectivity index (χ4v) is 2.02. The average molecular weight is 302 g/mol. The van der Waals surface area contributed by atoms with E-state index in [0.29, 0.717) is 22.5 Å². The first-order valence-electron chi connectivity index (χ1n) is 5.45. The maximum Gasteiger partial charge on any atom is 0.127 e. The largest absolute Gasteiger partial charge is 0.492 e. The Bertz CT molecular complexity index is 540. The lowest BCUT2D eigenvalue weighted by atomic mass is 10.0. The zero-order chi connectivity index (χ0) is 13.0. The van der Waals surface area contributed by atoms with Crippen LogP contribution in [0.2, 0.25) is 10.0 Å². The molecular formula is C14H11Cl3O. The van der Waals surface area contributed by atoms with Gasteiger partial charge in [-0.1, -0.05) is 47.5 Å². The molecule has 0 aliphatic rings. The van der Waals surface area contributed by atoms with E-state index in [4.69, 9.17) is 39.5 Å². The van der Waals surface area contributed by atoms with Crippen LogP contribution in [0.15, 0.2) is 42.5 Å². The molecule has 0 spiro atoms. The third kappa shape index (κ3) is 3.11. The number of benzene rings is 2. The van der Waals surface area contributed by atoms with Crippen molar-refractivity contribution in [3.63, 3.8) is 0 Å². The molecule has 0 bridgehead atoms. The van der Waals surface area contributed by atoms with Gasteiger partial charge >= 0.3 is 0 Å². The highest BCUT2D eigenvalue weighted by molar-refractivity contribution is 6.42. The van der Waals surface area contributed by atoms with Gasteiger partial charge in [0.1, 0.15) is 12.4 Å². The molecule has 18 heavy (non-hydrogen) atoms. The summed E-state index contributed by atoms with van der Waals surface area (Å²) < 4.78 is 5.60. The maximum atomic E-state index is 6.03. The number of alkyl halides is 1. The molecule has 0 saturated carbocycles. The Morgan fingerprint density at radius 1 is 0.944 bits per heavy atom. The molecule has 0 aliphatic heterocycles. The van der Waals surface area contributed by atoms with E-state index in [1.54, 1.807) is 6.07 Å². The summed E-state index contributed by atoms with van der Waals surface area (Å²) in [4.78, 5) is 0. The van der Waals surface area contributed by atoms with E-state index >= 15 is 0 Å². The van der Waals surface area contributed by atoms with Crippen molar-refractivity contribution in [1.82, 2.24) is 0 Å². The molecule has 0 aromatic heterocycles. The minimum atomic E-state index is 0.454. The zero-order valence-corrected chi connectivity index (χ0v) is 11.8. The van der Waals surface area contributed by atoms with E-state index in [0.717, 1.165) is 16.9 Å². The minimum Gasteiger partial charge on any atom is -0.492 e. The SMILES string of the molecule is ClCCOc1ccccc1-c1ccc(Cl)c(Cl)c1. The predicted molar refractivity (Wildman–Crippen MR) is 78.1 cm³/mol. The molecule has 0 atom stereocenters. The quantitative estimate of drug-likeness (QED) is 0.698. The van der Waals surface area contributed by atoms with Crippen LogP contribution < -0.4 is 4.74 Å². The maximum absolute atomic E-state index is 6.03. The van der Waals surface area contributed by atoms with Crippen LogP contribution in [0.1, 0.15) is 0 Å². The first-order chi connectivity index (χ1) is 8.72. The fraction of sp³-hybridized carbons (Fsp3) is 0.143. The molecule has 0 amide bonds. The van der Waals surface area contributed by atoms with Gasteiger partial charge in [0.05, 0.1) is 15.9 Å². The second kappa shape index (κ2) is 6.33. The van der Waals surface area contributed by atoms with Crippen molar-refractivity contribution in [3.05, 3.63) is 52.5 Å². The standard InChI is InChI=1S/C14H11Cl3O/c15-7-8-18-14-4-2-1-3-11(14)10-5-6-12(16)13(17)9-10/h1-6,9H,7-8H2. The van der Waals surface area contributed by atoms with E-state index in [2.05, 4.69) is 0 Å². The van der Waals surface area contributed by atoms with Gasteiger partial charge in [-0.25, -0.2) is 0 Å². The molecule has 0 saturated heterocycles. The number of hydrogen-bond acceptors (Lipinski definition) is 1. The first-order valence-corrected chi connectivity index (χ1v) is 6.74. The summed E-state index contributed by atoms with van der Waals surface area (Å²) >= 11 is 17.6.